The number of nitrogens with zero attached hydrogens (tertiary/aromatic N) is 4. The standard InChI is InChI=1S/C19H20F2N6O/c1-28-13-2-3-14(15(21)10-13)16-11-18(26-25-16)23-17-4-7-22-19(24-17)27-8-5-12(20)6-9-27/h2-4,7,10-12H,5-6,8-9H2,1H3,(H2,22,23,24,25,26). The number of aromatic amines is 1. The second kappa shape index (κ2) is 7.79. The van der Waals surface area contributed by atoms with E-state index in [1.807, 2.05) is 4.90 Å². The van der Waals surface area contributed by atoms with E-state index in [4.69, 9.17) is 4.74 Å². The number of rotatable bonds is 5. The third-order valence-electron chi connectivity index (χ3n) is 4.65. The molecule has 0 aliphatic carbocycles. The van der Waals surface area contributed by atoms with Crippen LogP contribution in [0.4, 0.5) is 26.4 Å². The molecule has 2 aromatic heterocycles. The van der Waals surface area contributed by atoms with E-state index in [0.29, 0.717) is 60.5 Å². The summed E-state index contributed by atoms with van der Waals surface area (Å²) in [6, 6.07) is 8.04. The van der Waals surface area contributed by atoms with Crippen molar-refractivity contribution in [3.63, 3.8) is 0 Å². The molecule has 0 bridgehead atoms. The van der Waals surface area contributed by atoms with Crippen molar-refractivity contribution in [2.24, 2.45) is 0 Å². The lowest BCUT2D eigenvalue weighted by molar-refractivity contribution is 0.276. The number of halogens is 2. The van der Waals surface area contributed by atoms with Crippen molar-refractivity contribution in [1.29, 1.82) is 0 Å². The molecule has 0 atom stereocenters. The molecule has 0 spiro atoms. The van der Waals surface area contributed by atoms with Gasteiger partial charge in [0.1, 0.15) is 23.6 Å². The lowest BCUT2D eigenvalue weighted by atomic mass is 10.1. The lowest BCUT2D eigenvalue weighted by Gasteiger charge is -2.28. The van der Waals surface area contributed by atoms with Crippen LogP contribution in [0.3, 0.4) is 0 Å². The molecule has 4 rings (SSSR count). The van der Waals surface area contributed by atoms with Gasteiger partial charge in [0.05, 0.1) is 12.8 Å². The summed E-state index contributed by atoms with van der Waals surface area (Å²) in [5.41, 5.74) is 0.917. The zero-order valence-corrected chi connectivity index (χ0v) is 15.3. The van der Waals surface area contributed by atoms with E-state index in [2.05, 4.69) is 25.5 Å². The number of benzene rings is 1. The van der Waals surface area contributed by atoms with Crippen LogP contribution in [0, 0.1) is 5.82 Å². The monoisotopic (exact) mass is 386 g/mol. The van der Waals surface area contributed by atoms with Crippen molar-refractivity contribution in [2.45, 2.75) is 19.0 Å². The smallest absolute Gasteiger partial charge is 0.227 e. The van der Waals surface area contributed by atoms with Gasteiger partial charge in [0.15, 0.2) is 5.82 Å². The molecule has 0 unspecified atom stereocenters. The van der Waals surface area contributed by atoms with Gasteiger partial charge in [-0.3, -0.25) is 5.10 Å². The average Bonchev–Trinajstić information content (AvgIpc) is 3.16. The molecule has 1 aliphatic rings. The van der Waals surface area contributed by atoms with Crippen LogP contribution in [0.5, 0.6) is 5.75 Å². The number of methoxy groups -OCH3 is 1. The molecule has 0 radical (unpaired) electrons. The fourth-order valence-electron chi connectivity index (χ4n) is 3.11. The van der Waals surface area contributed by atoms with Crippen molar-refractivity contribution in [2.75, 3.05) is 30.4 Å². The molecular weight excluding hydrogens is 366 g/mol. The maximum atomic E-state index is 14.2. The summed E-state index contributed by atoms with van der Waals surface area (Å²) >= 11 is 0. The van der Waals surface area contributed by atoms with Crippen LogP contribution in [0.15, 0.2) is 36.5 Å². The van der Waals surface area contributed by atoms with Gasteiger partial charge >= 0.3 is 0 Å². The van der Waals surface area contributed by atoms with Crippen LogP contribution < -0.4 is 15.0 Å². The molecule has 3 heterocycles. The summed E-state index contributed by atoms with van der Waals surface area (Å²) in [6.45, 7) is 1.18. The summed E-state index contributed by atoms with van der Waals surface area (Å²) in [5, 5.41) is 10.1. The number of nitrogens with one attached hydrogen (secondary N) is 2. The third kappa shape index (κ3) is 3.88. The number of aromatic nitrogens is 4. The van der Waals surface area contributed by atoms with Gasteiger partial charge in [-0.1, -0.05) is 0 Å². The van der Waals surface area contributed by atoms with Gasteiger partial charge in [-0.05, 0) is 31.0 Å². The van der Waals surface area contributed by atoms with E-state index in [-0.39, 0.29) is 0 Å². The second-order valence-electron chi connectivity index (χ2n) is 6.54. The normalized spacial score (nSPS) is 14.9. The van der Waals surface area contributed by atoms with E-state index < -0.39 is 12.0 Å². The Morgan fingerprint density at radius 3 is 2.75 bits per heavy atom. The first-order valence-electron chi connectivity index (χ1n) is 9.01. The molecular formula is C19H20F2N6O. The van der Waals surface area contributed by atoms with Gasteiger partial charge < -0.3 is 15.0 Å². The zero-order chi connectivity index (χ0) is 19.5. The van der Waals surface area contributed by atoms with Gasteiger partial charge in [0.25, 0.3) is 0 Å². The van der Waals surface area contributed by atoms with Gasteiger partial charge in [-0.25, -0.2) is 13.8 Å². The summed E-state index contributed by atoms with van der Waals surface area (Å²) in [5.74, 6) is 1.64. The van der Waals surface area contributed by atoms with Gasteiger partial charge in [-0.2, -0.15) is 10.1 Å². The van der Waals surface area contributed by atoms with E-state index in [1.54, 1.807) is 30.5 Å². The molecule has 1 saturated heterocycles. The SMILES string of the molecule is COc1ccc(-c2cc(Nc3ccnc(N4CCC(F)CC4)n3)n[nH]2)c(F)c1. The molecule has 7 nitrogen and oxygen atoms in total. The van der Waals surface area contributed by atoms with Crippen molar-refractivity contribution in [3.8, 4) is 17.0 Å². The highest BCUT2D eigenvalue weighted by molar-refractivity contribution is 5.66. The number of alkyl halides is 1. The van der Waals surface area contributed by atoms with E-state index in [9.17, 15) is 8.78 Å². The summed E-state index contributed by atoms with van der Waals surface area (Å²) in [4.78, 5) is 10.7. The van der Waals surface area contributed by atoms with Crippen LogP contribution in [0.1, 0.15) is 12.8 Å². The maximum Gasteiger partial charge on any atom is 0.227 e. The Bertz CT molecular complexity index is 955. The van der Waals surface area contributed by atoms with Crippen LogP contribution >= 0.6 is 0 Å². The van der Waals surface area contributed by atoms with E-state index >= 15 is 0 Å². The summed E-state index contributed by atoms with van der Waals surface area (Å²) in [7, 11) is 1.49. The number of hydrogen-bond acceptors (Lipinski definition) is 6. The fraction of sp³-hybridized carbons (Fsp3) is 0.316. The van der Waals surface area contributed by atoms with Gasteiger partial charge in [0, 0.05) is 37.0 Å². The van der Waals surface area contributed by atoms with Crippen LogP contribution in [0.2, 0.25) is 0 Å². The Balaban J connectivity index is 1.49. The highest BCUT2D eigenvalue weighted by Crippen LogP contribution is 2.27. The molecule has 1 aliphatic heterocycles. The minimum atomic E-state index is -0.751. The maximum absolute atomic E-state index is 14.2. The van der Waals surface area contributed by atoms with Crippen LogP contribution in [0.25, 0.3) is 11.3 Å². The molecule has 1 fully saturated rings. The first-order valence-corrected chi connectivity index (χ1v) is 9.01. The quantitative estimate of drug-likeness (QED) is 0.696. The van der Waals surface area contributed by atoms with E-state index in [1.165, 1.54) is 13.2 Å². The number of ether oxygens (including phenoxy) is 1. The fourth-order valence-corrected chi connectivity index (χ4v) is 3.11. The Labute approximate surface area is 160 Å². The zero-order valence-electron chi connectivity index (χ0n) is 15.3. The number of hydrogen-bond donors (Lipinski definition) is 2. The highest BCUT2D eigenvalue weighted by Gasteiger charge is 2.20. The highest BCUT2D eigenvalue weighted by atomic mass is 19.1. The Hall–Kier alpha value is -3.23. The number of piperidine rings is 1. The van der Waals surface area contributed by atoms with E-state index in [0.717, 1.165) is 0 Å². The third-order valence-corrected chi connectivity index (χ3v) is 4.65. The molecule has 146 valence electrons. The molecule has 9 heteroatoms. The summed E-state index contributed by atoms with van der Waals surface area (Å²) < 4.78 is 32.6. The minimum absolute atomic E-state index is 0.388. The topological polar surface area (TPSA) is 79.0 Å². The predicted molar refractivity (Wildman–Crippen MR) is 102 cm³/mol. The van der Waals surface area contributed by atoms with Crippen LogP contribution in [-0.4, -0.2) is 46.5 Å². The Morgan fingerprint density at radius 1 is 1.18 bits per heavy atom. The number of H-pyrrole nitrogens is 1. The molecule has 3 aromatic rings. The van der Waals surface area contributed by atoms with Crippen LogP contribution in [-0.2, 0) is 0 Å². The van der Waals surface area contributed by atoms with Gasteiger partial charge in [-0.15, -0.1) is 0 Å². The van der Waals surface area contributed by atoms with Crippen molar-refractivity contribution < 1.29 is 13.5 Å². The molecule has 1 aromatic carbocycles. The summed E-state index contributed by atoms with van der Waals surface area (Å²) in [6.07, 6.45) is 1.86. The van der Waals surface area contributed by atoms with Crippen molar-refractivity contribution in [3.05, 3.63) is 42.3 Å². The Morgan fingerprint density at radius 2 is 2.00 bits per heavy atom. The molecule has 0 amide bonds. The molecule has 2 N–H and O–H groups in total. The average molecular weight is 386 g/mol. The van der Waals surface area contributed by atoms with Crippen molar-refractivity contribution >= 4 is 17.6 Å². The largest absolute Gasteiger partial charge is 0.497 e. The molecule has 28 heavy (non-hydrogen) atoms. The lowest BCUT2D eigenvalue weighted by Crippen LogP contribution is -2.35. The molecule has 0 saturated carbocycles. The minimum Gasteiger partial charge on any atom is -0.497 e. The second-order valence-corrected chi connectivity index (χ2v) is 6.54. The van der Waals surface area contributed by atoms with Crippen molar-refractivity contribution in [1.82, 2.24) is 20.2 Å². The number of anilines is 3. The van der Waals surface area contributed by atoms with Gasteiger partial charge in [0.2, 0.25) is 5.95 Å². The first kappa shape index (κ1) is 18.1. The first-order chi connectivity index (χ1) is 13.6. The Kier molecular flexibility index (Phi) is 5.05. The predicted octanol–water partition coefficient (Wildman–Crippen LogP) is 3.70.